The van der Waals surface area contributed by atoms with Crippen molar-refractivity contribution in [2.45, 2.75) is 38.2 Å². The summed E-state index contributed by atoms with van der Waals surface area (Å²) in [5.41, 5.74) is 0. The van der Waals surface area contributed by atoms with E-state index < -0.39 is 0 Å². The van der Waals surface area contributed by atoms with Crippen LogP contribution >= 0.6 is 15.9 Å². The van der Waals surface area contributed by atoms with Gasteiger partial charge in [0.2, 0.25) is 0 Å². The Balaban J connectivity index is -0.0000000621. The van der Waals surface area contributed by atoms with Gasteiger partial charge in [-0.05, 0) is 32.1 Å². The second-order valence-electron chi connectivity index (χ2n) is 3.15. The minimum absolute atomic E-state index is 0. The molecule has 0 fully saturated rings. The van der Waals surface area contributed by atoms with Gasteiger partial charge in [0.25, 0.3) is 0 Å². The fraction of sp³-hybridized carbons (Fsp3) is 0.538. The summed E-state index contributed by atoms with van der Waals surface area (Å²) in [5.74, 6) is 0. The molecule has 0 aromatic rings. The molecular formula is C13H25BrMgO. The Hall–Kier alpha value is 0.426. The van der Waals surface area contributed by atoms with E-state index in [1.54, 1.807) is 0 Å². The zero-order valence-corrected chi connectivity index (χ0v) is 13.2. The SMILES string of the molecule is C=CCCBr.C=CCCC(O)CCC=C.[H-].[H-].[Mg+2]. The van der Waals surface area contributed by atoms with Gasteiger partial charge in [-0.2, -0.15) is 0 Å². The molecule has 0 radical (unpaired) electrons. The Labute approximate surface area is 128 Å². The van der Waals surface area contributed by atoms with Crippen molar-refractivity contribution in [3.8, 4) is 0 Å². The average Bonchev–Trinajstić information content (AvgIpc) is 2.25. The first-order chi connectivity index (χ1) is 7.22. The third-order valence-corrected chi connectivity index (χ3v) is 2.18. The number of hydrogen-bond donors (Lipinski definition) is 1. The molecular weight excluding hydrogens is 276 g/mol. The average molecular weight is 302 g/mol. The van der Waals surface area contributed by atoms with Gasteiger partial charge in [-0.1, -0.05) is 34.2 Å². The first-order valence-electron chi connectivity index (χ1n) is 5.29. The van der Waals surface area contributed by atoms with Crippen LogP contribution in [0.25, 0.3) is 0 Å². The number of aliphatic hydroxyl groups excluding tert-OH is 1. The fourth-order valence-corrected chi connectivity index (χ4v) is 1.17. The summed E-state index contributed by atoms with van der Waals surface area (Å²) in [6, 6.07) is 0. The van der Waals surface area contributed by atoms with Gasteiger partial charge in [0.15, 0.2) is 0 Å². The topological polar surface area (TPSA) is 20.2 Å². The Morgan fingerprint density at radius 1 is 1.00 bits per heavy atom. The summed E-state index contributed by atoms with van der Waals surface area (Å²) in [7, 11) is 0. The second kappa shape index (κ2) is 20.8. The first kappa shape index (κ1) is 21.7. The van der Waals surface area contributed by atoms with Crippen LogP contribution in [0.5, 0.6) is 0 Å². The quantitative estimate of drug-likeness (QED) is 0.407. The number of aliphatic hydroxyl groups is 1. The van der Waals surface area contributed by atoms with E-state index in [4.69, 9.17) is 0 Å². The molecule has 1 N–H and O–H groups in total. The van der Waals surface area contributed by atoms with Gasteiger partial charge in [-0.3, -0.25) is 0 Å². The van der Waals surface area contributed by atoms with E-state index in [1.165, 1.54) is 0 Å². The molecule has 0 aromatic heterocycles. The number of hydrogen-bond acceptors (Lipinski definition) is 1. The van der Waals surface area contributed by atoms with Crippen molar-refractivity contribution >= 4 is 39.0 Å². The molecule has 0 bridgehead atoms. The molecule has 1 nitrogen and oxygen atoms in total. The minimum atomic E-state index is -0.170. The molecule has 0 saturated heterocycles. The van der Waals surface area contributed by atoms with Crippen molar-refractivity contribution < 1.29 is 7.96 Å². The van der Waals surface area contributed by atoms with Gasteiger partial charge in [0.05, 0.1) is 6.10 Å². The minimum Gasteiger partial charge on any atom is -1.00 e. The van der Waals surface area contributed by atoms with Crippen LogP contribution < -0.4 is 0 Å². The Morgan fingerprint density at radius 3 is 1.56 bits per heavy atom. The maximum Gasteiger partial charge on any atom is 2.00 e. The molecule has 3 heteroatoms. The van der Waals surface area contributed by atoms with Crippen LogP contribution in [-0.2, 0) is 0 Å². The van der Waals surface area contributed by atoms with Crippen molar-refractivity contribution in [3.63, 3.8) is 0 Å². The van der Waals surface area contributed by atoms with Crippen molar-refractivity contribution in [3.05, 3.63) is 38.0 Å². The Kier molecular flexibility index (Phi) is 28.2. The molecule has 92 valence electrons. The first-order valence-corrected chi connectivity index (χ1v) is 6.41. The normalized spacial score (nSPS) is 8.44. The van der Waals surface area contributed by atoms with Crippen molar-refractivity contribution in [2.24, 2.45) is 0 Å². The van der Waals surface area contributed by atoms with E-state index >= 15 is 0 Å². The fourth-order valence-electron chi connectivity index (χ4n) is 0.842. The monoisotopic (exact) mass is 300 g/mol. The molecule has 0 saturated carbocycles. The van der Waals surface area contributed by atoms with E-state index in [0.717, 1.165) is 37.4 Å². The summed E-state index contributed by atoms with van der Waals surface area (Å²) in [4.78, 5) is 0. The zero-order chi connectivity index (χ0) is 11.9. The Bertz CT molecular complexity index is 157. The van der Waals surface area contributed by atoms with Crippen molar-refractivity contribution in [1.29, 1.82) is 0 Å². The van der Waals surface area contributed by atoms with Crippen LogP contribution in [0.3, 0.4) is 0 Å². The maximum atomic E-state index is 9.22. The second-order valence-corrected chi connectivity index (χ2v) is 3.95. The molecule has 16 heavy (non-hydrogen) atoms. The van der Waals surface area contributed by atoms with Gasteiger partial charge < -0.3 is 7.96 Å². The Morgan fingerprint density at radius 2 is 1.38 bits per heavy atom. The van der Waals surface area contributed by atoms with E-state index in [0.29, 0.717) is 0 Å². The van der Waals surface area contributed by atoms with Crippen molar-refractivity contribution in [1.82, 2.24) is 0 Å². The molecule has 0 aliphatic rings. The number of halogens is 1. The summed E-state index contributed by atoms with van der Waals surface area (Å²) in [6.07, 6.45) is 9.91. The van der Waals surface area contributed by atoms with E-state index in [9.17, 15) is 5.11 Å². The predicted molar refractivity (Wildman–Crippen MR) is 81.5 cm³/mol. The van der Waals surface area contributed by atoms with Gasteiger partial charge in [-0.25, -0.2) is 0 Å². The molecule has 0 aromatic carbocycles. The predicted octanol–water partition coefficient (Wildman–Crippen LogP) is 4.08. The third-order valence-electron chi connectivity index (χ3n) is 1.72. The summed E-state index contributed by atoms with van der Waals surface area (Å²) in [6.45, 7) is 10.7. The van der Waals surface area contributed by atoms with E-state index in [2.05, 4.69) is 35.7 Å². The van der Waals surface area contributed by atoms with E-state index in [-0.39, 0.29) is 32.0 Å². The van der Waals surface area contributed by atoms with Crippen LogP contribution in [0.1, 0.15) is 35.0 Å². The summed E-state index contributed by atoms with van der Waals surface area (Å²) >= 11 is 3.24. The molecule has 0 aliphatic carbocycles. The summed E-state index contributed by atoms with van der Waals surface area (Å²) < 4.78 is 0. The van der Waals surface area contributed by atoms with Crippen LogP contribution in [0.2, 0.25) is 0 Å². The van der Waals surface area contributed by atoms with Crippen LogP contribution in [-0.4, -0.2) is 39.6 Å². The van der Waals surface area contributed by atoms with Gasteiger partial charge in [-0.15, -0.1) is 19.7 Å². The summed E-state index contributed by atoms with van der Waals surface area (Å²) in [5, 5.41) is 10.3. The molecule has 0 amide bonds. The zero-order valence-electron chi connectivity index (χ0n) is 12.2. The van der Waals surface area contributed by atoms with Gasteiger partial charge in [0, 0.05) is 5.33 Å². The van der Waals surface area contributed by atoms with Crippen LogP contribution in [0, 0.1) is 0 Å². The maximum absolute atomic E-state index is 9.22. The number of allylic oxidation sites excluding steroid dienone is 3. The molecule has 0 aliphatic heterocycles. The molecule has 0 heterocycles. The standard InChI is InChI=1S/C9H16O.C4H7Br.Mg.2H/c1-3-5-7-9(10)8-6-4-2;1-2-3-4-5;;;/h3-4,9-10H,1-2,5-8H2;2H,1,3-4H2;;;/q;;+2;2*-1. The molecule has 0 spiro atoms. The number of rotatable bonds is 8. The molecule has 0 atom stereocenters. The number of alkyl halides is 1. The van der Waals surface area contributed by atoms with Gasteiger partial charge in [0.1, 0.15) is 0 Å². The molecule has 0 unspecified atom stereocenters. The molecule has 0 rings (SSSR count). The third kappa shape index (κ3) is 23.9. The van der Waals surface area contributed by atoms with Crippen LogP contribution in [0.4, 0.5) is 0 Å². The van der Waals surface area contributed by atoms with Crippen molar-refractivity contribution in [2.75, 3.05) is 5.33 Å². The smallest absolute Gasteiger partial charge is 1.00 e. The van der Waals surface area contributed by atoms with Gasteiger partial charge >= 0.3 is 23.1 Å². The van der Waals surface area contributed by atoms with Crippen LogP contribution in [0.15, 0.2) is 38.0 Å². The largest absolute Gasteiger partial charge is 2.00 e. The van der Waals surface area contributed by atoms with E-state index in [1.807, 2.05) is 18.2 Å².